The largest absolute Gasteiger partial charge is 0.456 e. The Kier molecular flexibility index (Phi) is 4.03. The zero-order valence-electron chi connectivity index (χ0n) is 11.9. The van der Waals surface area contributed by atoms with Gasteiger partial charge in [-0.2, -0.15) is 0 Å². The van der Waals surface area contributed by atoms with Gasteiger partial charge in [-0.15, -0.1) is 0 Å². The van der Waals surface area contributed by atoms with E-state index in [1.165, 1.54) is 12.5 Å². The molecule has 0 aromatic heterocycles. The first kappa shape index (κ1) is 14.2. The fraction of sp³-hybridized carbons (Fsp3) is 0.733. The standard InChI is InChI=1S/C15H20O6/c16-13(20-11-5-1-2-6-11)15(18-9-10-19-15)14(17)21-12-7-3-4-8-12/h9-12H,1-8H2. The molecule has 116 valence electrons. The smallest absolute Gasteiger partial charge is 0.452 e. The quantitative estimate of drug-likeness (QED) is 0.585. The van der Waals surface area contributed by atoms with E-state index in [-0.39, 0.29) is 12.2 Å². The van der Waals surface area contributed by atoms with Crippen molar-refractivity contribution in [2.75, 3.05) is 0 Å². The Morgan fingerprint density at radius 3 is 1.57 bits per heavy atom. The molecule has 0 atom stereocenters. The van der Waals surface area contributed by atoms with Crippen molar-refractivity contribution in [3.05, 3.63) is 12.5 Å². The summed E-state index contributed by atoms with van der Waals surface area (Å²) in [5, 5.41) is 0. The van der Waals surface area contributed by atoms with Gasteiger partial charge in [0.15, 0.2) is 0 Å². The second kappa shape index (κ2) is 5.95. The molecule has 3 rings (SSSR count). The first-order chi connectivity index (χ1) is 10.2. The minimum atomic E-state index is -2.11. The van der Waals surface area contributed by atoms with Crippen molar-refractivity contribution >= 4 is 11.9 Å². The SMILES string of the molecule is O=C(OC1CCCC1)C1(C(=O)OC2CCCC2)OC=CO1. The van der Waals surface area contributed by atoms with E-state index in [0.717, 1.165) is 51.4 Å². The molecule has 2 aliphatic carbocycles. The summed E-state index contributed by atoms with van der Waals surface area (Å²) >= 11 is 0. The van der Waals surface area contributed by atoms with E-state index in [1.54, 1.807) is 0 Å². The number of ether oxygens (including phenoxy) is 4. The van der Waals surface area contributed by atoms with Crippen LogP contribution in [-0.4, -0.2) is 29.9 Å². The summed E-state index contributed by atoms with van der Waals surface area (Å²) < 4.78 is 21.0. The average Bonchev–Trinajstić information content (AvgIpc) is 3.21. The Labute approximate surface area is 123 Å². The predicted octanol–water partition coefficient (Wildman–Crippen LogP) is 2.17. The number of carbonyl (C=O) groups is 2. The van der Waals surface area contributed by atoms with Crippen molar-refractivity contribution in [1.29, 1.82) is 0 Å². The van der Waals surface area contributed by atoms with Crippen molar-refractivity contribution in [3.63, 3.8) is 0 Å². The van der Waals surface area contributed by atoms with Gasteiger partial charge in [0.05, 0.1) is 0 Å². The fourth-order valence-corrected chi connectivity index (χ4v) is 3.02. The second-order valence-corrected chi connectivity index (χ2v) is 5.75. The maximum absolute atomic E-state index is 12.3. The number of carbonyl (C=O) groups excluding carboxylic acids is 2. The van der Waals surface area contributed by atoms with Crippen LogP contribution in [0.3, 0.4) is 0 Å². The van der Waals surface area contributed by atoms with Gasteiger partial charge >= 0.3 is 17.7 Å². The Morgan fingerprint density at radius 2 is 1.19 bits per heavy atom. The van der Waals surface area contributed by atoms with E-state index < -0.39 is 17.7 Å². The molecule has 0 radical (unpaired) electrons. The van der Waals surface area contributed by atoms with Crippen LogP contribution in [0.1, 0.15) is 51.4 Å². The normalized spacial score (nSPS) is 24.6. The van der Waals surface area contributed by atoms with Crippen molar-refractivity contribution < 1.29 is 28.5 Å². The average molecular weight is 296 g/mol. The van der Waals surface area contributed by atoms with Crippen molar-refractivity contribution in [2.45, 2.75) is 69.4 Å². The molecule has 0 aromatic carbocycles. The van der Waals surface area contributed by atoms with Crippen LogP contribution in [0.2, 0.25) is 0 Å². The van der Waals surface area contributed by atoms with Crippen molar-refractivity contribution in [2.24, 2.45) is 0 Å². The van der Waals surface area contributed by atoms with Crippen molar-refractivity contribution in [3.8, 4) is 0 Å². The molecule has 0 bridgehead atoms. The maximum atomic E-state index is 12.3. The van der Waals surface area contributed by atoms with Crippen LogP contribution in [0.15, 0.2) is 12.5 Å². The Morgan fingerprint density at radius 1 is 0.810 bits per heavy atom. The molecule has 0 N–H and O–H groups in total. The Hall–Kier alpha value is -1.72. The summed E-state index contributed by atoms with van der Waals surface area (Å²) in [5.41, 5.74) is 0. The molecule has 0 amide bonds. The van der Waals surface area contributed by atoms with Crippen LogP contribution >= 0.6 is 0 Å². The third kappa shape index (κ3) is 2.84. The Balaban J connectivity index is 1.65. The molecular weight excluding hydrogens is 276 g/mol. The highest BCUT2D eigenvalue weighted by molar-refractivity contribution is 6.02. The lowest BCUT2D eigenvalue weighted by Crippen LogP contribution is -2.51. The zero-order chi connectivity index (χ0) is 14.7. The van der Waals surface area contributed by atoms with Crippen LogP contribution in [-0.2, 0) is 28.5 Å². The molecule has 0 saturated heterocycles. The topological polar surface area (TPSA) is 71.1 Å². The van der Waals surface area contributed by atoms with Gasteiger partial charge in [-0.1, -0.05) is 0 Å². The predicted molar refractivity (Wildman–Crippen MR) is 70.7 cm³/mol. The summed E-state index contributed by atoms with van der Waals surface area (Å²) in [5.74, 6) is -3.74. The summed E-state index contributed by atoms with van der Waals surface area (Å²) in [7, 11) is 0. The first-order valence-electron chi connectivity index (χ1n) is 7.63. The number of hydrogen-bond donors (Lipinski definition) is 0. The van der Waals surface area contributed by atoms with Gasteiger partial charge in [-0.05, 0) is 51.4 Å². The van der Waals surface area contributed by atoms with Gasteiger partial charge in [0.2, 0.25) is 0 Å². The molecule has 0 aromatic rings. The van der Waals surface area contributed by atoms with Gasteiger partial charge < -0.3 is 18.9 Å². The van der Waals surface area contributed by atoms with E-state index in [2.05, 4.69) is 0 Å². The summed E-state index contributed by atoms with van der Waals surface area (Å²) in [6.07, 6.45) is 9.36. The maximum Gasteiger partial charge on any atom is 0.452 e. The lowest BCUT2D eigenvalue weighted by Gasteiger charge is -2.26. The molecule has 1 aliphatic heterocycles. The third-order valence-electron chi connectivity index (χ3n) is 4.21. The summed E-state index contributed by atoms with van der Waals surface area (Å²) in [6.45, 7) is 0. The highest BCUT2D eigenvalue weighted by Crippen LogP contribution is 2.30. The minimum Gasteiger partial charge on any atom is -0.456 e. The van der Waals surface area contributed by atoms with Gasteiger partial charge in [-0.25, -0.2) is 9.59 Å². The van der Waals surface area contributed by atoms with Crippen molar-refractivity contribution in [1.82, 2.24) is 0 Å². The molecule has 0 spiro atoms. The van der Waals surface area contributed by atoms with E-state index in [4.69, 9.17) is 18.9 Å². The third-order valence-corrected chi connectivity index (χ3v) is 4.21. The molecule has 3 aliphatic rings. The highest BCUT2D eigenvalue weighted by Gasteiger charge is 2.57. The van der Waals surface area contributed by atoms with Crippen LogP contribution in [0.25, 0.3) is 0 Å². The molecule has 2 saturated carbocycles. The summed E-state index contributed by atoms with van der Waals surface area (Å²) in [4.78, 5) is 24.7. The molecule has 0 unspecified atom stereocenters. The zero-order valence-corrected chi connectivity index (χ0v) is 11.9. The lowest BCUT2D eigenvalue weighted by molar-refractivity contribution is -0.222. The lowest BCUT2D eigenvalue weighted by atomic mass is 10.2. The molecule has 6 nitrogen and oxygen atoms in total. The van der Waals surface area contributed by atoms with E-state index in [9.17, 15) is 9.59 Å². The van der Waals surface area contributed by atoms with Crippen LogP contribution in [0.5, 0.6) is 0 Å². The molecule has 2 fully saturated rings. The van der Waals surface area contributed by atoms with E-state index in [0.29, 0.717) is 0 Å². The van der Waals surface area contributed by atoms with Gasteiger partial charge in [0.25, 0.3) is 0 Å². The number of hydrogen-bond acceptors (Lipinski definition) is 6. The van der Waals surface area contributed by atoms with Crippen LogP contribution in [0.4, 0.5) is 0 Å². The molecular formula is C15H20O6. The van der Waals surface area contributed by atoms with Gasteiger partial charge in [0, 0.05) is 0 Å². The number of esters is 2. The fourth-order valence-electron chi connectivity index (χ4n) is 3.02. The monoisotopic (exact) mass is 296 g/mol. The minimum absolute atomic E-state index is 0.165. The first-order valence-corrected chi connectivity index (χ1v) is 7.63. The molecule has 6 heteroatoms. The van der Waals surface area contributed by atoms with E-state index in [1.807, 2.05) is 0 Å². The molecule has 1 heterocycles. The van der Waals surface area contributed by atoms with Gasteiger partial charge in [0.1, 0.15) is 24.7 Å². The summed E-state index contributed by atoms with van der Waals surface area (Å²) in [6, 6.07) is 0. The van der Waals surface area contributed by atoms with Crippen LogP contribution in [0, 0.1) is 0 Å². The number of rotatable bonds is 4. The second-order valence-electron chi connectivity index (χ2n) is 5.75. The van der Waals surface area contributed by atoms with E-state index >= 15 is 0 Å². The van der Waals surface area contributed by atoms with Crippen LogP contribution < -0.4 is 0 Å². The molecule has 21 heavy (non-hydrogen) atoms. The Bertz CT molecular complexity index is 391. The highest BCUT2D eigenvalue weighted by atomic mass is 16.8. The van der Waals surface area contributed by atoms with Gasteiger partial charge in [-0.3, -0.25) is 0 Å².